The van der Waals surface area contributed by atoms with E-state index in [1.54, 1.807) is 0 Å². The first kappa shape index (κ1) is 27.8. The number of aryl methyl sites for hydroxylation is 4. The molecule has 0 saturated carbocycles. The third-order valence-electron chi connectivity index (χ3n) is 5.71. The van der Waals surface area contributed by atoms with Crippen LogP contribution in [-0.2, 0) is 11.8 Å². The Morgan fingerprint density at radius 2 is 0.647 bits per heavy atom. The predicted octanol–water partition coefficient (Wildman–Crippen LogP) is 8.35. The first-order valence-corrected chi connectivity index (χ1v) is 9.49. The van der Waals surface area contributed by atoms with Gasteiger partial charge in [0.1, 0.15) is 0 Å². The van der Waals surface area contributed by atoms with Crippen LogP contribution in [-0.4, -0.2) is 23.7 Å². The minimum absolute atomic E-state index is 0.130. The lowest BCUT2D eigenvalue weighted by molar-refractivity contribution is -0.429. The molecule has 0 nitrogen and oxygen atoms in total. The molecule has 0 aliphatic carbocycles. The van der Waals surface area contributed by atoms with Gasteiger partial charge in [0.15, 0.2) is 0 Å². The topological polar surface area (TPSA) is 0 Å². The van der Waals surface area contributed by atoms with Crippen molar-refractivity contribution in [3.63, 3.8) is 0 Å². The molecule has 0 saturated heterocycles. The average molecular weight is 510 g/mol. The molecule has 0 atom stereocenters. The smallest absolute Gasteiger partial charge is 0.194 e. The third-order valence-corrected chi connectivity index (χ3v) is 5.71. The lowest BCUT2D eigenvalue weighted by Gasteiger charge is -2.41. The molecule has 0 unspecified atom stereocenters. The molecule has 0 spiro atoms. The van der Waals surface area contributed by atoms with Gasteiger partial charge in [-0.15, -0.1) is 0 Å². The normalized spacial score (nSPS) is 14.5. The molecular weight excluding hydrogens is 492 g/mol. The molecule has 2 aromatic rings. The van der Waals surface area contributed by atoms with Crippen LogP contribution in [0.1, 0.15) is 33.4 Å². The van der Waals surface area contributed by atoms with Crippen LogP contribution < -0.4 is 0 Å². The van der Waals surface area contributed by atoms with Gasteiger partial charge in [-0.25, -0.2) is 0 Å². The first-order valence-electron chi connectivity index (χ1n) is 9.49. The number of hydrogen-bond donors (Lipinski definition) is 0. The second-order valence-electron chi connectivity index (χ2n) is 8.04. The summed E-state index contributed by atoms with van der Waals surface area (Å²) in [6.45, 7) is 4.87. The quantitative estimate of drug-likeness (QED) is 0.329. The molecule has 0 fully saturated rings. The van der Waals surface area contributed by atoms with E-state index in [0.717, 1.165) is 26.0 Å². The van der Waals surface area contributed by atoms with Gasteiger partial charge in [-0.2, -0.15) is 52.7 Å². The largest absolute Gasteiger partial charge is 0.385 e. The average Bonchev–Trinajstić information content (AvgIpc) is 2.71. The molecule has 190 valence electrons. The maximum Gasteiger partial charge on any atom is 0.385 e. The molecule has 12 heteroatoms. The minimum Gasteiger partial charge on any atom is -0.194 e. The van der Waals surface area contributed by atoms with Crippen molar-refractivity contribution in [2.45, 2.75) is 63.2 Å². The summed E-state index contributed by atoms with van der Waals surface area (Å²) < 4.78 is 172. The number of hydrogen-bond acceptors (Lipinski definition) is 0. The molecule has 34 heavy (non-hydrogen) atoms. The fourth-order valence-electron chi connectivity index (χ4n) is 3.02. The minimum atomic E-state index is -7.62. The van der Waals surface area contributed by atoms with E-state index in [2.05, 4.69) is 0 Å². The standard InChI is InChI=1S/C22H18F12/c1-11-5-7-15(9-13(11)3)17(23,24)19(27,28)21(31,32)22(33,34)20(29,30)18(25,26)16-8-6-12(2)14(4)10-16/h5-10H,1-4H3. The van der Waals surface area contributed by atoms with E-state index in [1.807, 2.05) is 0 Å². The van der Waals surface area contributed by atoms with E-state index in [-0.39, 0.29) is 46.5 Å². The molecular formula is C22H18F12. The highest BCUT2D eigenvalue weighted by Gasteiger charge is 2.90. The Kier molecular flexibility index (Phi) is 6.62. The Morgan fingerprint density at radius 3 is 0.882 bits per heavy atom. The summed E-state index contributed by atoms with van der Waals surface area (Å²) in [7, 11) is 0. The maximum atomic E-state index is 14.4. The second-order valence-corrected chi connectivity index (χ2v) is 8.04. The van der Waals surface area contributed by atoms with Gasteiger partial charge in [0.25, 0.3) is 0 Å². The zero-order chi connectivity index (χ0) is 26.7. The first-order chi connectivity index (χ1) is 15.1. The Morgan fingerprint density at radius 1 is 0.382 bits per heavy atom. The highest BCUT2D eigenvalue weighted by molar-refractivity contribution is 5.36. The summed E-state index contributed by atoms with van der Waals surface area (Å²) in [5.74, 6) is -41.9. The highest BCUT2D eigenvalue weighted by Crippen LogP contribution is 2.63. The SMILES string of the molecule is Cc1ccc(C(F)(F)C(F)(F)C(F)(F)C(F)(F)C(F)(F)C(F)(F)c2ccc(C)c(C)c2)cc1C. The number of rotatable bonds is 7. The van der Waals surface area contributed by atoms with Gasteiger partial charge < -0.3 is 0 Å². The molecule has 0 aliphatic rings. The number of alkyl halides is 12. The van der Waals surface area contributed by atoms with Crippen molar-refractivity contribution < 1.29 is 52.7 Å². The van der Waals surface area contributed by atoms with Gasteiger partial charge in [0.2, 0.25) is 0 Å². The van der Waals surface area contributed by atoms with Crippen LogP contribution in [0.2, 0.25) is 0 Å². The van der Waals surface area contributed by atoms with Crippen molar-refractivity contribution in [1.82, 2.24) is 0 Å². The number of halogens is 12. The fraction of sp³-hybridized carbons (Fsp3) is 0.455. The second kappa shape index (κ2) is 8.08. The molecule has 0 heterocycles. The van der Waals surface area contributed by atoms with Crippen molar-refractivity contribution in [2.75, 3.05) is 0 Å². The predicted molar refractivity (Wildman–Crippen MR) is 99.4 cm³/mol. The zero-order valence-electron chi connectivity index (χ0n) is 18.0. The monoisotopic (exact) mass is 510 g/mol. The van der Waals surface area contributed by atoms with E-state index in [9.17, 15) is 52.7 Å². The Bertz CT molecular complexity index is 984. The van der Waals surface area contributed by atoms with E-state index >= 15 is 0 Å². The van der Waals surface area contributed by atoms with E-state index in [4.69, 9.17) is 0 Å². The Hall–Kier alpha value is -2.40. The molecule has 2 aromatic carbocycles. The third kappa shape index (κ3) is 3.73. The summed E-state index contributed by atoms with van der Waals surface area (Å²) in [5.41, 5.74) is -3.57. The van der Waals surface area contributed by atoms with Crippen LogP contribution in [0.3, 0.4) is 0 Å². The fourth-order valence-corrected chi connectivity index (χ4v) is 3.02. The van der Waals surface area contributed by atoms with Gasteiger partial charge in [0, 0.05) is 11.1 Å². The van der Waals surface area contributed by atoms with Gasteiger partial charge in [-0.3, -0.25) is 0 Å². The molecule has 2 rings (SSSR count). The molecule has 0 bridgehead atoms. The molecule has 0 aromatic heterocycles. The summed E-state index contributed by atoms with van der Waals surface area (Å²) in [4.78, 5) is 0. The van der Waals surface area contributed by atoms with E-state index in [0.29, 0.717) is 0 Å². The Balaban J connectivity index is 2.64. The van der Waals surface area contributed by atoms with Crippen LogP contribution in [0.4, 0.5) is 52.7 Å². The summed E-state index contributed by atoms with van der Waals surface area (Å²) in [6, 6.07) is 2.55. The number of benzene rings is 2. The Labute approximate surface area is 186 Å². The van der Waals surface area contributed by atoms with Gasteiger partial charge >= 0.3 is 35.5 Å². The molecule has 0 N–H and O–H groups in total. The van der Waals surface area contributed by atoms with Gasteiger partial charge in [-0.1, -0.05) is 24.3 Å². The van der Waals surface area contributed by atoms with Crippen molar-refractivity contribution in [3.8, 4) is 0 Å². The summed E-state index contributed by atoms with van der Waals surface area (Å²) in [6.07, 6.45) is 0. The van der Waals surface area contributed by atoms with E-state index in [1.165, 1.54) is 13.8 Å². The van der Waals surface area contributed by atoms with Crippen LogP contribution in [0.15, 0.2) is 36.4 Å². The van der Waals surface area contributed by atoms with Crippen LogP contribution in [0.25, 0.3) is 0 Å². The molecule has 0 aliphatic heterocycles. The summed E-state index contributed by atoms with van der Waals surface area (Å²) >= 11 is 0. The highest BCUT2D eigenvalue weighted by atomic mass is 19.4. The zero-order valence-corrected chi connectivity index (χ0v) is 18.0. The van der Waals surface area contributed by atoms with Crippen LogP contribution in [0, 0.1) is 27.7 Å². The van der Waals surface area contributed by atoms with Crippen LogP contribution >= 0.6 is 0 Å². The lowest BCUT2D eigenvalue weighted by atomic mass is 9.86. The van der Waals surface area contributed by atoms with E-state index < -0.39 is 46.7 Å². The van der Waals surface area contributed by atoms with Crippen molar-refractivity contribution in [1.29, 1.82) is 0 Å². The van der Waals surface area contributed by atoms with Crippen molar-refractivity contribution in [3.05, 3.63) is 69.8 Å². The lowest BCUT2D eigenvalue weighted by Crippen LogP contribution is -2.69. The van der Waals surface area contributed by atoms with Gasteiger partial charge in [0.05, 0.1) is 0 Å². The van der Waals surface area contributed by atoms with Gasteiger partial charge in [-0.05, 0) is 62.1 Å². The molecule has 0 amide bonds. The molecule has 0 radical (unpaired) electrons. The van der Waals surface area contributed by atoms with Crippen molar-refractivity contribution in [2.24, 2.45) is 0 Å². The van der Waals surface area contributed by atoms with Crippen molar-refractivity contribution >= 4 is 0 Å². The summed E-state index contributed by atoms with van der Waals surface area (Å²) in [5, 5.41) is 0. The van der Waals surface area contributed by atoms with Crippen LogP contribution in [0.5, 0.6) is 0 Å². The maximum absolute atomic E-state index is 14.4.